The van der Waals surface area contributed by atoms with Crippen molar-refractivity contribution in [2.75, 3.05) is 26.2 Å². The van der Waals surface area contributed by atoms with Crippen LogP contribution >= 0.6 is 0 Å². The fourth-order valence-electron chi connectivity index (χ4n) is 1.29. The lowest BCUT2D eigenvalue weighted by atomic mass is 10.5. The smallest absolute Gasteiger partial charge is 0.324 e. The number of carbonyl (C=O) groups excluding carboxylic acids is 2. The van der Waals surface area contributed by atoms with Crippen LogP contribution < -0.4 is 5.32 Å². The maximum atomic E-state index is 10.5. The lowest BCUT2D eigenvalue weighted by Crippen LogP contribution is -2.27. The van der Waals surface area contributed by atoms with Crippen molar-refractivity contribution in [1.29, 1.82) is 0 Å². The van der Waals surface area contributed by atoms with Gasteiger partial charge in [0.25, 0.3) is 0 Å². The van der Waals surface area contributed by atoms with Gasteiger partial charge in [0.1, 0.15) is 13.1 Å². The Kier molecular flexibility index (Phi) is 5.21. The van der Waals surface area contributed by atoms with Crippen LogP contribution in [0.5, 0.6) is 0 Å². The SMILES string of the molecule is O=C(O)CNCC(=O)O.O=C1CN2CC(=O)OC2O1. The largest absolute Gasteiger partial charge is 0.480 e. The molecule has 0 atom stereocenters. The zero-order chi connectivity index (χ0) is 14.4. The Morgan fingerprint density at radius 2 is 1.53 bits per heavy atom. The topological polar surface area (TPSA) is 142 Å². The molecule has 0 aromatic heterocycles. The van der Waals surface area contributed by atoms with E-state index in [0.29, 0.717) is 0 Å². The molecule has 0 aliphatic carbocycles. The molecule has 0 aromatic rings. The highest BCUT2D eigenvalue weighted by Crippen LogP contribution is 2.17. The van der Waals surface area contributed by atoms with Crippen molar-refractivity contribution in [3.63, 3.8) is 0 Å². The number of nitrogens with zero attached hydrogens (tertiary/aromatic N) is 1. The number of carboxylic acids is 2. The average Bonchev–Trinajstić information content (AvgIpc) is 2.72. The number of ether oxygens (including phenoxy) is 2. The number of hydrogen-bond acceptors (Lipinski definition) is 8. The van der Waals surface area contributed by atoms with Crippen molar-refractivity contribution in [1.82, 2.24) is 10.2 Å². The minimum Gasteiger partial charge on any atom is -0.480 e. The number of nitrogens with one attached hydrogen (secondary N) is 1. The third-order valence-corrected chi connectivity index (χ3v) is 1.98. The Morgan fingerprint density at radius 1 is 1.11 bits per heavy atom. The van der Waals surface area contributed by atoms with Crippen molar-refractivity contribution < 1.29 is 38.9 Å². The Labute approximate surface area is 106 Å². The van der Waals surface area contributed by atoms with Crippen LogP contribution in [-0.4, -0.2) is 71.6 Å². The lowest BCUT2D eigenvalue weighted by Gasteiger charge is -2.05. The first-order valence-corrected chi connectivity index (χ1v) is 5.16. The molecule has 2 saturated heterocycles. The molecule has 0 unspecified atom stereocenters. The monoisotopic (exact) mass is 276 g/mol. The van der Waals surface area contributed by atoms with Gasteiger partial charge in [0.05, 0.1) is 13.1 Å². The first-order chi connectivity index (χ1) is 8.88. The minimum atomic E-state index is -1.06. The van der Waals surface area contributed by atoms with E-state index in [1.54, 1.807) is 0 Å². The van der Waals surface area contributed by atoms with E-state index in [1.165, 1.54) is 4.90 Å². The van der Waals surface area contributed by atoms with E-state index in [9.17, 15) is 19.2 Å². The molecule has 0 aromatic carbocycles. The van der Waals surface area contributed by atoms with E-state index in [0.717, 1.165) is 0 Å². The summed E-state index contributed by atoms with van der Waals surface area (Å²) in [6.45, 7) is -0.300. The average molecular weight is 276 g/mol. The molecule has 19 heavy (non-hydrogen) atoms. The first-order valence-electron chi connectivity index (χ1n) is 5.16. The van der Waals surface area contributed by atoms with Crippen LogP contribution in [-0.2, 0) is 28.7 Å². The summed E-state index contributed by atoms with van der Waals surface area (Å²) in [6.07, 6.45) is -0.736. The molecule has 2 heterocycles. The van der Waals surface area contributed by atoms with Crippen LogP contribution in [0.15, 0.2) is 0 Å². The normalized spacial score (nSPS) is 18.1. The van der Waals surface area contributed by atoms with Gasteiger partial charge in [-0.25, -0.2) is 4.90 Å². The number of rotatable bonds is 4. The maximum absolute atomic E-state index is 10.5. The second kappa shape index (κ2) is 6.66. The summed E-state index contributed by atoms with van der Waals surface area (Å²) in [7, 11) is 0. The summed E-state index contributed by atoms with van der Waals surface area (Å²) in [6, 6.07) is 0. The highest BCUT2D eigenvalue weighted by atomic mass is 16.8. The number of carbonyl (C=O) groups is 4. The fourth-order valence-corrected chi connectivity index (χ4v) is 1.29. The molecule has 0 saturated carbocycles. The van der Waals surface area contributed by atoms with Gasteiger partial charge in [-0.05, 0) is 0 Å². The van der Waals surface area contributed by atoms with Crippen LogP contribution in [0, 0.1) is 0 Å². The van der Waals surface area contributed by atoms with E-state index in [1.807, 2.05) is 0 Å². The number of esters is 2. The van der Waals surface area contributed by atoms with E-state index in [-0.39, 0.29) is 38.1 Å². The summed E-state index contributed by atoms with van der Waals surface area (Å²) in [5.74, 6) is -2.79. The molecule has 3 N–H and O–H groups in total. The standard InChI is InChI=1S/C5H5NO4.C4H7NO4/c7-3-1-6-2-4(8)10-5(6)9-3;6-3(7)1-5-2-4(8)9/h5H,1-2H2;5H,1-2H2,(H,6,7)(H,8,9). The molecule has 10 heteroatoms. The Morgan fingerprint density at radius 3 is 1.84 bits per heavy atom. The van der Waals surface area contributed by atoms with Crippen LogP contribution in [0.3, 0.4) is 0 Å². The van der Waals surface area contributed by atoms with Crippen molar-refractivity contribution in [3.8, 4) is 0 Å². The van der Waals surface area contributed by atoms with Crippen molar-refractivity contribution in [3.05, 3.63) is 0 Å². The number of aliphatic carboxylic acids is 2. The van der Waals surface area contributed by atoms with Crippen LogP contribution in [0.1, 0.15) is 0 Å². The van der Waals surface area contributed by atoms with Gasteiger partial charge in [0, 0.05) is 0 Å². The number of hydrogen-bond donors (Lipinski definition) is 3. The Balaban J connectivity index is 0.000000192. The molecule has 0 radical (unpaired) electrons. The van der Waals surface area contributed by atoms with Crippen LogP contribution in [0.25, 0.3) is 0 Å². The van der Waals surface area contributed by atoms with Crippen molar-refractivity contribution in [2.24, 2.45) is 0 Å². The van der Waals surface area contributed by atoms with Crippen LogP contribution in [0.4, 0.5) is 0 Å². The molecule has 2 rings (SSSR count). The highest BCUT2D eigenvalue weighted by Gasteiger charge is 2.41. The summed E-state index contributed by atoms with van der Waals surface area (Å²) >= 11 is 0. The van der Waals surface area contributed by atoms with Crippen molar-refractivity contribution in [2.45, 2.75) is 6.41 Å². The van der Waals surface area contributed by atoms with E-state index < -0.39 is 18.4 Å². The maximum Gasteiger partial charge on any atom is 0.324 e. The van der Waals surface area contributed by atoms with Gasteiger partial charge < -0.3 is 19.7 Å². The molecular formula is C9H12N2O8. The zero-order valence-electron chi connectivity index (χ0n) is 9.70. The molecule has 10 nitrogen and oxygen atoms in total. The second-order valence-corrected chi connectivity index (χ2v) is 3.58. The van der Waals surface area contributed by atoms with Crippen LogP contribution in [0.2, 0.25) is 0 Å². The van der Waals surface area contributed by atoms with Gasteiger partial charge in [-0.15, -0.1) is 0 Å². The van der Waals surface area contributed by atoms with Gasteiger partial charge in [-0.1, -0.05) is 0 Å². The summed E-state index contributed by atoms with van der Waals surface area (Å²) in [5, 5.41) is 18.1. The predicted octanol–water partition coefficient (Wildman–Crippen LogP) is -2.57. The molecule has 0 amide bonds. The molecule has 2 aliphatic rings. The van der Waals surface area contributed by atoms with Gasteiger partial charge in [-0.2, -0.15) is 0 Å². The molecule has 2 aliphatic heterocycles. The Bertz CT molecular complexity index is 344. The first kappa shape index (κ1) is 14.9. The summed E-state index contributed by atoms with van der Waals surface area (Å²) < 4.78 is 9.20. The van der Waals surface area contributed by atoms with Gasteiger partial charge in [-0.3, -0.25) is 24.5 Å². The van der Waals surface area contributed by atoms with E-state index in [2.05, 4.69) is 14.8 Å². The molecular weight excluding hydrogens is 264 g/mol. The Hall–Kier alpha value is -2.20. The summed E-state index contributed by atoms with van der Waals surface area (Å²) in [4.78, 5) is 42.0. The molecule has 2 fully saturated rings. The van der Waals surface area contributed by atoms with E-state index in [4.69, 9.17) is 10.2 Å². The fraction of sp³-hybridized carbons (Fsp3) is 0.556. The van der Waals surface area contributed by atoms with Crippen molar-refractivity contribution >= 4 is 23.9 Å². The van der Waals surface area contributed by atoms with Gasteiger partial charge in [0.15, 0.2) is 0 Å². The van der Waals surface area contributed by atoms with Gasteiger partial charge in [0.2, 0.25) is 0 Å². The molecule has 0 bridgehead atoms. The number of fused-ring (bicyclic) bond motifs is 1. The van der Waals surface area contributed by atoms with E-state index >= 15 is 0 Å². The minimum absolute atomic E-state index is 0.163. The molecule has 106 valence electrons. The third kappa shape index (κ3) is 5.31. The predicted molar refractivity (Wildman–Crippen MR) is 55.7 cm³/mol. The quantitative estimate of drug-likeness (QED) is 0.469. The molecule has 0 spiro atoms. The third-order valence-electron chi connectivity index (χ3n) is 1.98. The lowest BCUT2D eigenvalue weighted by molar-refractivity contribution is -0.173. The summed E-state index contributed by atoms with van der Waals surface area (Å²) in [5.41, 5.74) is 0. The second-order valence-electron chi connectivity index (χ2n) is 3.58. The zero-order valence-corrected chi connectivity index (χ0v) is 9.70. The van der Waals surface area contributed by atoms with Gasteiger partial charge >= 0.3 is 30.3 Å². The highest BCUT2D eigenvalue weighted by molar-refractivity contribution is 5.79. The number of carboxylic acid groups (broad SMARTS) is 2.